The number of aromatic nitrogens is 4. The van der Waals surface area contributed by atoms with Gasteiger partial charge in [0.2, 0.25) is 5.95 Å². The third kappa shape index (κ3) is 4.12. The van der Waals surface area contributed by atoms with E-state index in [9.17, 15) is 23.7 Å². The van der Waals surface area contributed by atoms with Crippen LogP contribution in [0.25, 0.3) is 22.3 Å². The van der Waals surface area contributed by atoms with Gasteiger partial charge in [0.05, 0.1) is 59.8 Å². The van der Waals surface area contributed by atoms with Crippen LogP contribution in [0.2, 0.25) is 0 Å². The summed E-state index contributed by atoms with van der Waals surface area (Å²) in [6.07, 6.45) is -3.12. The number of nitrogens with zero attached hydrogens (tertiary/aromatic N) is 6. The van der Waals surface area contributed by atoms with Crippen LogP contribution in [0.3, 0.4) is 0 Å². The molecule has 0 saturated heterocycles. The zero-order chi connectivity index (χ0) is 23.8. The van der Waals surface area contributed by atoms with Crippen LogP contribution in [0.15, 0.2) is 42.6 Å². The first-order chi connectivity index (χ1) is 15.7. The van der Waals surface area contributed by atoms with Crippen molar-refractivity contribution in [3.05, 3.63) is 64.8 Å². The Morgan fingerprint density at radius 2 is 1.76 bits per heavy atom. The Hall–Kier alpha value is -4.64. The number of methoxy groups -OCH3 is 1. The summed E-state index contributed by atoms with van der Waals surface area (Å²) in [7, 11) is 1.17. The Bertz CT molecular complexity index is 1430. The summed E-state index contributed by atoms with van der Waals surface area (Å²) < 4.78 is 46.4. The van der Waals surface area contributed by atoms with Crippen molar-refractivity contribution in [3.63, 3.8) is 0 Å². The molecule has 0 saturated carbocycles. The Morgan fingerprint density at radius 1 is 1.06 bits per heavy atom. The minimum absolute atomic E-state index is 0.0197. The molecule has 0 unspecified atom stereocenters. The van der Waals surface area contributed by atoms with Gasteiger partial charge in [0.25, 0.3) is 0 Å². The van der Waals surface area contributed by atoms with Gasteiger partial charge in [-0.1, -0.05) is 6.07 Å². The number of fused-ring (bicyclic) bond motifs is 1. The molecule has 2 heterocycles. The maximum Gasteiger partial charge on any atom is 0.419 e. The molecule has 0 radical (unpaired) electrons. The van der Waals surface area contributed by atoms with E-state index in [1.807, 2.05) is 12.1 Å². The first-order valence-electron chi connectivity index (χ1n) is 9.42. The monoisotopic (exact) mass is 449 g/mol. The van der Waals surface area contributed by atoms with Crippen LogP contribution in [0.5, 0.6) is 5.75 Å². The van der Waals surface area contributed by atoms with E-state index < -0.39 is 11.7 Å². The van der Waals surface area contributed by atoms with Crippen LogP contribution in [0.1, 0.15) is 22.3 Å². The number of alkyl halides is 3. The maximum absolute atomic E-state index is 13.4. The molecule has 0 aliphatic heterocycles. The van der Waals surface area contributed by atoms with Gasteiger partial charge in [-0.05, 0) is 35.9 Å². The molecule has 4 rings (SSSR count). The lowest BCUT2D eigenvalue weighted by Crippen LogP contribution is -2.10. The lowest BCUT2D eigenvalue weighted by molar-refractivity contribution is -0.138. The van der Waals surface area contributed by atoms with Crippen molar-refractivity contribution in [3.8, 4) is 29.1 Å². The van der Waals surface area contributed by atoms with Crippen molar-refractivity contribution in [1.82, 2.24) is 19.7 Å². The van der Waals surface area contributed by atoms with Gasteiger partial charge in [-0.2, -0.15) is 33.8 Å². The first kappa shape index (κ1) is 21.6. The molecule has 164 valence electrons. The molecule has 0 amide bonds. The van der Waals surface area contributed by atoms with Crippen molar-refractivity contribution in [1.29, 1.82) is 10.5 Å². The van der Waals surface area contributed by atoms with Crippen LogP contribution in [-0.2, 0) is 12.7 Å². The molecule has 0 aliphatic carbocycles. The molecule has 11 heteroatoms. The molecule has 0 fully saturated rings. The predicted molar refractivity (Wildman–Crippen MR) is 112 cm³/mol. The SMILES string of the molecule is COc1ccc(Cn2ncc3c(-c4cc(C#N)cc(C#N)c4)nc(N)nc32)cc1C(F)(F)F. The van der Waals surface area contributed by atoms with Gasteiger partial charge in [-0.25, -0.2) is 9.67 Å². The normalized spacial score (nSPS) is 11.2. The van der Waals surface area contributed by atoms with Crippen molar-refractivity contribution in [2.45, 2.75) is 12.7 Å². The topological polar surface area (TPSA) is 126 Å². The predicted octanol–water partition coefficient (Wildman–Crippen LogP) is 3.89. The quantitative estimate of drug-likeness (QED) is 0.501. The van der Waals surface area contributed by atoms with E-state index in [2.05, 4.69) is 15.1 Å². The van der Waals surface area contributed by atoms with Gasteiger partial charge in [0.15, 0.2) is 5.65 Å². The highest BCUT2D eigenvalue weighted by Gasteiger charge is 2.34. The number of anilines is 1. The average molecular weight is 449 g/mol. The number of nitriles is 2. The lowest BCUT2D eigenvalue weighted by Gasteiger charge is -2.13. The molecule has 2 aromatic carbocycles. The Kier molecular flexibility index (Phi) is 5.32. The second-order valence-corrected chi connectivity index (χ2v) is 7.02. The molecule has 2 aromatic heterocycles. The van der Waals surface area contributed by atoms with Crippen LogP contribution >= 0.6 is 0 Å². The zero-order valence-electron chi connectivity index (χ0n) is 17.1. The highest BCUT2D eigenvalue weighted by molar-refractivity contribution is 5.91. The van der Waals surface area contributed by atoms with Gasteiger partial charge >= 0.3 is 6.18 Å². The van der Waals surface area contributed by atoms with Crippen LogP contribution < -0.4 is 10.5 Å². The first-order valence-corrected chi connectivity index (χ1v) is 9.42. The largest absolute Gasteiger partial charge is 0.496 e. The zero-order valence-corrected chi connectivity index (χ0v) is 17.1. The van der Waals surface area contributed by atoms with E-state index in [1.165, 1.54) is 36.2 Å². The summed E-state index contributed by atoms with van der Waals surface area (Å²) >= 11 is 0. The minimum Gasteiger partial charge on any atom is -0.496 e. The summed E-state index contributed by atoms with van der Waals surface area (Å²) in [5.41, 5.74) is 6.95. The van der Waals surface area contributed by atoms with Gasteiger partial charge in [0.1, 0.15) is 5.75 Å². The van der Waals surface area contributed by atoms with Crippen molar-refractivity contribution < 1.29 is 17.9 Å². The fourth-order valence-corrected chi connectivity index (χ4v) is 3.45. The summed E-state index contributed by atoms with van der Waals surface area (Å²) in [5.74, 6) is -0.373. The molecular weight excluding hydrogens is 435 g/mol. The summed E-state index contributed by atoms with van der Waals surface area (Å²) in [6.45, 7) is -0.0197. The molecular formula is C22H14F3N7O. The third-order valence-electron chi connectivity index (χ3n) is 4.88. The molecule has 33 heavy (non-hydrogen) atoms. The highest BCUT2D eigenvalue weighted by Crippen LogP contribution is 2.37. The Labute approximate surface area is 185 Å². The number of ether oxygens (including phenoxy) is 1. The summed E-state index contributed by atoms with van der Waals surface area (Å²) in [5, 5.41) is 23.2. The third-order valence-corrected chi connectivity index (χ3v) is 4.88. The molecule has 4 aromatic rings. The van der Waals surface area contributed by atoms with Crippen LogP contribution in [-0.4, -0.2) is 26.9 Å². The van der Waals surface area contributed by atoms with E-state index >= 15 is 0 Å². The van der Waals surface area contributed by atoms with E-state index in [0.717, 1.165) is 6.07 Å². The van der Waals surface area contributed by atoms with Gasteiger partial charge in [-0.3, -0.25) is 0 Å². The van der Waals surface area contributed by atoms with E-state index in [4.69, 9.17) is 10.5 Å². The van der Waals surface area contributed by atoms with Crippen molar-refractivity contribution in [2.75, 3.05) is 12.8 Å². The number of rotatable bonds is 4. The molecule has 8 nitrogen and oxygen atoms in total. The molecule has 0 spiro atoms. The van der Waals surface area contributed by atoms with Crippen LogP contribution in [0.4, 0.5) is 19.1 Å². The molecule has 2 N–H and O–H groups in total. The van der Waals surface area contributed by atoms with Crippen molar-refractivity contribution >= 4 is 17.0 Å². The van der Waals surface area contributed by atoms with E-state index in [-0.39, 0.29) is 29.4 Å². The fraction of sp³-hybridized carbons (Fsp3) is 0.136. The number of nitrogen functional groups attached to an aromatic ring is 1. The van der Waals surface area contributed by atoms with Gasteiger partial charge in [-0.15, -0.1) is 0 Å². The second kappa shape index (κ2) is 8.13. The number of hydrogen-bond donors (Lipinski definition) is 1. The Balaban J connectivity index is 1.82. The number of nitrogens with two attached hydrogens (primary N) is 1. The minimum atomic E-state index is -4.59. The van der Waals surface area contributed by atoms with Gasteiger partial charge < -0.3 is 10.5 Å². The average Bonchev–Trinajstić information content (AvgIpc) is 3.19. The second-order valence-electron chi connectivity index (χ2n) is 7.02. The number of hydrogen-bond acceptors (Lipinski definition) is 7. The van der Waals surface area contributed by atoms with Crippen LogP contribution in [0, 0.1) is 22.7 Å². The fourth-order valence-electron chi connectivity index (χ4n) is 3.45. The van der Waals surface area contributed by atoms with E-state index in [0.29, 0.717) is 27.9 Å². The number of benzene rings is 2. The van der Waals surface area contributed by atoms with E-state index in [1.54, 1.807) is 12.1 Å². The standard InChI is InChI=1S/C22H14F3N7O/c1-33-18-3-2-12(7-17(18)22(23,24)25)11-32-20-16(10-29-32)19(30-21(28)31-20)15-5-13(8-26)4-14(6-15)9-27/h2-7,10H,11H2,1H3,(H2,28,30,31). The lowest BCUT2D eigenvalue weighted by atomic mass is 10.0. The number of halogens is 3. The summed E-state index contributed by atoms with van der Waals surface area (Å²) in [4.78, 5) is 8.44. The van der Waals surface area contributed by atoms with Crippen molar-refractivity contribution in [2.24, 2.45) is 0 Å². The smallest absolute Gasteiger partial charge is 0.419 e. The van der Waals surface area contributed by atoms with Gasteiger partial charge in [0, 0.05) is 5.56 Å². The highest BCUT2D eigenvalue weighted by atomic mass is 19.4. The Morgan fingerprint density at radius 3 is 2.36 bits per heavy atom. The molecule has 0 aliphatic rings. The molecule has 0 bridgehead atoms. The maximum atomic E-state index is 13.4. The molecule has 0 atom stereocenters. The summed E-state index contributed by atoms with van der Waals surface area (Å²) in [6, 6.07) is 12.3.